The highest BCUT2D eigenvalue weighted by molar-refractivity contribution is 5.88. The third kappa shape index (κ3) is 5.02. The van der Waals surface area contributed by atoms with E-state index in [1.165, 1.54) is 0 Å². The van der Waals surface area contributed by atoms with E-state index in [-0.39, 0.29) is 11.7 Å². The maximum atomic E-state index is 11.7. The monoisotopic (exact) mass is 527 g/mol. The number of ether oxygens (including phenoxy) is 1. The van der Waals surface area contributed by atoms with Crippen molar-refractivity contribution in [3.8, 4) is 45.2 Å². The fourth-order valence-electron chi connectivity index (χ4n) is 4.51. The molecule has 0 fully saturated rings. The summed E-state index contributed by atoms with van der Waals surface area (Å²) in [4.78, 5) is 24.9. The van der Waals surface area contributed by atoms with Crippen LogP contribution in [0.4, 0.5) is 0 Å². The number of fused-ring (bicyclic) bond motifs is 1. The van der Waals surface area contributed by atoms with E-state index in [2.05, 4.69) is 15.0 Å². The smallest absolute Gasteiger partial charge is 0.335 e. The topological polar surface area (TPSA) is 103 Å². The summed E-state index contributed by atoms with van der Waals surface area (Å²) in [5.74, 6) is -0.397. The van der Waals surface area contributed by atoms with Gasteiger partial charge in [-0.3, -0.25) is 9.97 Å². The van der Waals surface area contributed by atoms with E-state index in [0.717, 1.165) is 44.7 Å². The lowest BCUT2D eigenvalue weighted by molar-refractivity contribution is 0.0697. The van der Waals surface area contributed by atoms with Gasteiger partial charge in [0.15, 0.2) is 0 Å². The maximum absolute atomic E-state index is 11.7. The number of hydrogen-bond acceptors (Lipinski definition) is 6. The molecule has 0 aliphatic rings. The Labute approximate surface area is 230 Å². The van der Waals surface area contributed by atoms with Gasteiger partial charge >= 0.3 is 5.97 Å². The first-order chi connectivity index (χ1) is 19.4. The Morgan fingerprint density at radius 1 is 0.775 bits per heavy atom. The van der Waals surface area contributed by atoms with Gasteiger partial charge in [-0.2, -0.15) is 5.10 Å². The normalized spacial score (nSPS) is 11.2. The molecule has 0 unspecified atom stereocenters. The molecule has 0 saturated heterocycles. The van der Waals surface area contributed by atoms with Crippen molar-refractivity contribution in [3.63, 3.8) is 0 Å². The molecule has 0 amide bonds. The second kappa shape index (κ2) is 10.4. The van der Waals surface area contributed by atoms with Gasteiger partial charge in [0.1, 0.15) is 0 Å². The average molecular weight is 528 g/mol. The number of pyridine rings is 1. The van der Waals surface area contributed by atoms with E-state index in [4.69, 9.17) is 9.84 Å². The minimum Gasteiger partial charge on any atom is -0.478 e. The summed E-state index contributed by atoms with van der Waals surface area (Å²) in [7, 11) is 0. The first kappa shape index (κ1) is 24.9. The highest BCUT2D eigenvalue weighted by atomic mass is 16.5. The largest absolute Gasteiger partial charge is 0.478 e. The first-order valence-corrected chi connectivity index (χ1v) is 12.8. The molecule has 3 aromatic heterocycles. The van der Waals surface area contributed by atoms with Crippen LogP contribution in [0.1, 0.15) is 24.2 Å². The molecule has 0 atom stereocenters. The molecule has 0 saturated carbocycles. The van der Waals surface area contributed by atoms with Gasteiger partial charge in [-0.1, -0.05) is 36.4 Å². The van der Waals surface area contributed by atoms with Crippen molar-refractivity contribution in [2.24, 2.45) is 0 Å². The summed E-state index contributed by atoms with van der Waals surface area (Å²) < 4.78 is 7.42. The molecule has 0 bridgehead atoms. The average Bonchev–Trinajstić information content (AvgIpc) is 3.43. The van der Waals surface area contributed by atoms with E-state index in [9.17, 15) is 9.90 Å². The van der Waals surface area contributed by atoms with Crippen LogP contribution in [0.25, 0.3) is 50.4 Å². The van der Waals surface area contributed by atoms with E-state index >= 15 is 0 Å². The zero-order chi connectivity index (χ0) is 27.6. The van der Waals surface area contributed by atoms with Crippen LogP contribution >= 0.6 is 0 Å². The predicted octanol–water partition coefficient (Wildman–Crippen LogP) is 6.70. The van der Waals surface area contributed by atoms with Crippen molar-refractivity contribution >= 4 is 17.0 Å². The second-order valence-corrected chi connectivity index (χ2v) is 9.57. The Morgan fingerprint density at radius 2 is 1.50 bits per heavy atom. The highest BCUT2D eigenvalue weighted by Gasteiger charge is 2.16. The molecule has 0 spiro atoms. The van der Waals surface area contributed by atoms with Gasteiger partial charge in [0.2, 0.25) is 5.88 Å². The zero-order valence-corrected chi connectivity index (χ0v) is 21.9. The SMILES string of the molecule is CC(C)Oc1ccc(-c2ccc(-c3cc(-c4ccc5nccnc5c4)n(-c4cccc(C(=O)O)c4)n3)cc2)cn1. The van der Waals surface area contributed by atoms with Gasteiger partial charge in [0, 0.05) is 41.3 Å². The number of nitrogens with zero attached hydrogens (tertiary/aromatic N) is 5. The van der Waals surface area contributed by atoms with Gasteiger partial charge in [-0.05, 0) is 61.9 Å². The summed E-state index contributed by atoms with van der Waals surface area (Å²) in [6.07, 6.45) is 5.19. The van der Waals surface area contributed by atoms with Crippen LogP contribution in [0.2, 0.25) is 0 Å². The van der Waals surface area contributed by atoms with Crippen molar-refractivity contribution in [1.29, 1.82) is 0 Å². The third-order valence-electron chi connectivity index (χ3n) is 6.42. The quantitative estimate of drug-likeness (QED) is 0.246. The summed E-state index contributed by atoms with van der Waals surface area (Å²) in [5, 5.41) is 14.5. The Morgan fingerprint density at radius 3 is 2.23 bits per heavy atom. The molecule has 1 N–H and O–H groups in total. The number of carbonyl (C=O) groups is 1. The third-order valence-corrected chi connectivity index (χ3v) is 6.42. The molecule has 6 rings (SSSR count). The van der Waals surface area contributed by atoms with Crippen LogP contribution in [-0.2, 0) is 0 Å². The Hall–Kier alpha value is -5.37. The van der Waals surface area contributed by atoms with E-state index < -0.39 is 5.97 Å². The van der Waals surface area contributed by atoms with E-state index in [1.54, 1.807) is 41.5 Å². The van der Waals surface area contributed by atoms with Crippen LogP contribution in [0.3, 0.4) is 0 Å². The first-order valence-electron chi connectivity index (χ1n) is 12.8. The second-order valence-electron chi connectivity index (χ2n) is 9.57. The lowest BCUT2D eigenvalue weighted by atomic mass is 10.0. The highest BCUT2D eigenvalue weighted by Crippen LogP contribution is 2.31. The molecule has 40 heavy (non-hydrogen) atoms. The molecule has 6 aromatic rings. The number of hydrogen-bond donors (Lipinski definition) is 1. The Balaban J connectivity index is 1.40. The summed E-state index contributed by atoms with van der Waals surface area (Å²) in [6, 6.07) is 26.6. The lowest BCUT2D eigenvalue weighted by Gasteiger charge is -2.09. The van der Waals surface area contributed by atoms with Gasteiger partial charge < -0.3 is 9.84 Å². The molecule has 8 nitrogen and oxygen atoms in total. The minimum atomic E-state index is -0.995. The predicted molar refractivity (Wildman–Crippen MR) is 153 cm³/mol. The van der Waals surface area contributed by atoms with E-state index in [0.29, 0.717) is 11.6 Å². The molecule has 3 heterocycles. The van der Waals surface area contributed by atoms with Crippen molar-refractivity contribution in [2.75, 3.05) is 0 Å². The lowest BCUT2D eigenvalue weighted by Crippen LogP contribution is -2.06. The summed E-state index contributed by atoms with van der Waals surface area (Å²) in [5.41, 5.74) is 7.76. The van der Waals surface area contributed by atoms with E-state index in [1.807, 2.05) is 80.6 Å². The molecule has 3 aromatic carbocycles. The summed E-state index contributed by atoms with van der Waals surface area (Å²) in [6.45, 7) is 3.94. The molecule has 0 aliphatic carbocycles. The molecule has 0 radical (unpaired) electrons. The van der Waals surface area contributed by atoms with Crippen molar-refractivity contribution in [3.05, 3.63) is 109 Å². The molecule has 0 aliphatic heterocycles. The van der Waals surface area contributed by atoms with Crippen molar-refractivity contribution in [2.45, 2.75) is 20.0 Å². The number of rotatable bonds is 7. The number of aromatic nitrogens is 5. The van der Waals surface area contributed by atoms with Gasteiger partial charge in [-0.15, -0.1) is 0 Å². The number of aromatic carboxylic acids is 1. The van der Waals surface area contributed by atoms with Gasteiger partial charge in [-0.25, -0.2) is 14.5 Å². The maximum Gasteiger partial charge on any atom is 0.335 e. The van der Waals surface area contributed by atoms with Crippen LogP contribution < -0.4 is 4.74 Å². The number of carboxylic acid groups (broad SMARTS) is 1. The fraction of sp³-hybridized carbons (Fsp3) is 0.0938. The molecular formula is C32H25N5O3. The molecular weight excluding hydrogens is 502 g/mol. The van der Waals surface area contributed by atoms with Crippen LogP contribution in [0.5, 0.6) is 5.88 Å². The summed E-state index contributed by atoms with van der Waals surface area (Å²) >= 11 is 0. The van der Waals surface area contributed by atoms with Crippen molar-refractivity contribution in [1.82, 2.24) is 24.7 Å². The Bertz CT molecular complexity index is 1830. The molecule has 196 valence electrons. The standard InChI is InChI=1S/C32H25N5O3/c1-20(2)40-31-13-11-25(19-35-31)21-6-8-22(9-7-21)28-18-30(23-10-12-27-29(17-23)34-15-14-33-27)37(36-28)26-5-3-4-24(16-26)32(38)39/h3-20H,1-2H3,(H,38,39). The molecule has 8 heteroatoms. The minimum absolute atomic E-state index is 0.0662. The Kier molecular flexibility index (Phi) is 6.49. The number of carboxylic acids is 1. The van der Waals surface area contributed by atoms with Gasteiger partial charge in [0.25, 0.3) is 0 Å². The van der Waals surface area contributed by atoms with Crippen LogP contribution in [-0.4, -0.2) is 41.9 Å². The van der Waals surface area contributed by atoms with Crippen LogP contribution in [0.15, 0.2) is 104 Å². The van der Waals surface area contributed by atoms with Gasteiger partial charge in [0.05, 0.1) is 39.8 Å². The zero-order valence-electron chi connectivity index (χ0n) is 21.9. The van der Waals surface area contributed by atoms with Crippen LogP contribution in [0, 0.1) is 0 Å². The number of benzene rings is 3. The van der Waals surface area contributed by atoms with Crippen molar-refractivity contribution < 1.29 is 14.6 Å². The fourth-order valence-corrected chi connectivity index (χ4v) is 4.51.